The summed E-state index contributed by atoms with van der Waals surface area (Å²) in [5.41, 5.74) is 1.11. The highest BCUT2D eigenvalue weighted by Gasteiger charge is 2.19. The number of aromatic amines is 1. The van der Waals surface area contributed by atoms with Gasteiger partial charge in [0.25, 0.3) is 0 Å². The highest BCUT2D eigenvalue weighted by atomic mass is 15.2. The van der Waals surface area contributed by atoms with Crippen LogP contribution in [0.4, 0.5) is 5.69 Å². The van der Waals surface area contributed by atoms with Crippen molar-refractivity contribution in [2.45, 2.75) is 44.6 Å². The lowest BCUT2D eigenvalue weighted by molar-refractivity contribution is 0.429. The molecule has 1 heterocycles. The van der Waals surface area contributed by atoms with Crippen molar-refractivity contribution in [2.24, 2.45) is 0 Å². The first-order valence-electron chi connectivity index (χ1n) is 7.12. The molecule has 0 aliphatic heterocycles. The van der Waals surface area contributed by atoms with Crippen LogP contribution < -0.4 is 5.32 Å². The maximum absolute atomic E-state index is 4.62. The summed E-state index contributed by atoms with van der Waals surface area (Å²) in [5.74, 6) is 2.49. The lowest BCUT2D eigenvalue weighted by Gasteiger charge is -2.18. The maximum atomic E-state index is 4.62. The van der Waals surface area contributed by atoms with Crippen LogP contribution in [0.3, 0.4) is 0 Å². The Hall–Kier alpha value is -1.84. The Labute approximate surface area is 113 Å². The Morgan fingerprint density at radius 2 is 1.89 bits per heavy atom. The Balaban J connectivity index is 1.58. The summed E-state index contributed by atoms with van der Waals surface area (Å²) in [6.45, 7) is 0.698. The van der Waals surface area contributed by atoms with Gasteiger partial charge >= 0.3 is 0 Å². The quantitative estimate of drug-likeness (QED) is 0.880. The number of rotatable bonds is 4. The van der Waals surface area contributed by atoms with Gasteiger partial charge in [0.2, 0.25) is 0 Å². The number of aromatic nitrogens is 3. The molecule has 0 unspecified atom stereocenters. The molecule has 0 radical (unpaired) electrons. The molecular weight excluding hydrogens is 236 g/mol. The van der Waals surface area contributed by atoms with E-state index in [9.17, 15) is 0 Å². The predicted molar refractivity (Wildman–Crippen MR) is 76.0 cm³/mol. The van der Waals surface area contributed by atoms with Gasteiger partial charge < -0.3 is 5.32 Å². The number of nitrogens with one attached hydrogen (secondary N) is 2. The molecule has 19 heavy (non-hydrogen) atoms. The first-order valence-corrected chi connectivity index (χ1v) is 7.12. The molecule has 0 atom stereocenters. The zero-order valence-electron chi connectivity index (χ0n) is 11.1. The van der Waals surface area contributed by atoms with Gasteiger partial charge in [-0.25, -0.2) is 4.98 Å². The largest absolute Gasteiger partial charge is 0.378 e. The molecule has 0 bridgehead atoms. The summed E-state index contributed by atoms with van der Waals surface area (Å²) in [6, 6.07) is 10.2. The minimum atomic E-state index is 0.565. The smallest absolute Gasteiger partial charge is 0.153 e. The highest BCUT2D eigenvalue weighted by Crippen LogP contribution is 2.30. The van der Waals surface area contributed by atoms with Crippen molar-refractivity contribution in [3.63, 3.8) is 0 Å². The number of H-pyrrole nitrogens is 1. The van der Waals surface area contributed by atoms with Crippen LogP contribution in [0.15, 0.2) is 30.3 Å². The maximum Gasteiger partial charge on any atom is 0.153 e. The first-order chi connectivity index (χ1) is 9.42. The number of anilines is 1. The van der Waals surface area contributed by atoms with Crippen molar-refractivity contribution in [1.29, 1.82) is 0 Å². The topological polar surface area (TPSA) is 53.6 Å². The molecule has 2 aromatic rings. The molecule has 0 amide bonds. The van der Waals surface area contributed by atoms with Crippen LogP contribution in [-0.4, -0.2) is 15.2 Å². The summed E-state index contributed by atoms with van der Waals surface area (Å²) in [7, 11) is 0. The van der Waals surface area contributed by atoms with Gasteiger partial charge in [-0.3, -0.25) is 5.10 Å². The lowest BCUT2D eigenvalue weighted by Crippen LogP contribution is -2.06. The van der Waals surface area contributed by atoms with Crippen molar-refractivity contribution < 1.29 is 0 Å². The predicted octanol–water partition coefficient (Wildman–Crippen LogP) is 3.46. The van der Waals surface area contributed by atoms with Crippen LogP contribution in [-0.2, 0) is 6.54 Å². The molecule has 3 rings (SSSR count). The van der Waals surface area contributed by atoms with E-state index in [1.165, 1.54) is 32.1 Å². The van der Waals surface area contributed by atoms with E-state index in [2.05, 4.69) is 32.6 Å². The minimum Gasteiger partial charge on any atom is -0.378 e. The van der Waals surface area contributed by atoms with E-state index in [1.54, 1.807) is 0 Å². The number of nitrogens with zero attached hydrogens (tertiary/aromatic N) is 2. The zero-order chi connectivity index (χ0) is 12.9. The molecule has 1 aliphatic carbocycles. The van der Waals surface area contributed by atoms with Crippen molar-refractivity contribution >= 4 is 5.69 Å². The van der Waals surface area contributed by atoms with Crippen molar-refractivity contribution in [1.82, 2.24) is 15.2 Å². The van der Waals surface area contributed by atoms with Gasteiger partial charge in [0, 0.05) is 11.6 Å². The molecule has 1 aromatic heterocycles. The molecule has 4 heteroatoms. The molecule has 1 saturated carbocycles. The molecule has 1 aliphatic rings. The minimum absolute atomic E-state index is 0.565. The van der Waals surface area contributed by atoms with Crippen LogP contribution in [0.2, 0.25) is 0 Å². The fourth-order valence-corrected chi connectivity index (χ4v) is 2.67. The molecule has 2 N–H and O–H groups in total. The molecule has 4 nitrogen and oxygen atoms in total. The fraction of sp³-hybridized carbons (Fsp3) is 0.467. The third-order valence-corrected chi connectivity index (χ3v) is 3.75. The third kappa shape index (κ3) is 3.13. The molecule has 100 valence electrons. The second-order valence-electron chi connectivity index (χ2n) is 5.19. The Kier molecular flexibility index (Phi) is 3.77. The first kappa shape index (κ1) is 12.2. The number of hydrogen-bond acceptors (Lipinski definition) is 3. The normalized spacial score (nSPS) is 16.4. The van der Waals surface area contributed by atoms with Gasteiger partial charge in [0.1, 0.15) is 5.82 Å². The SMILES string of the molecule is c1ccc(NCc2nc(C3CCCCC3)n[nH]2)cc1. The van der Waals surface area contributed by atoms with E-state index in [1.807, 2.05) is 18.2 Å². The lowest BCUT2D eigenvalue weighted by atomic mass is 9.89. The van der Waals surface area contributed by atoms with E-state index >= 15 is 0 Å². The fourth-order valence-electron chi connectivity index (χ4n) is 2.67. The average Bonchev–Trinajstić information content (AvgIpc) is 2.96. The highest BCUT2D eigenvalue weighted by molar-refractivity contribution is 5.42. The van der Waals surface area contributed by atoms with E-state index in [0.29, 0.717) is 12.5 Å². The van der Waals surface area contributed by atoms with Gasteiger partial charge in [-0.2, -0.15) is 5.10 Å². The Morgan fingerprint density at radius 1 is 1.11 bits per heavy atom. The second kappa shape index (κ2) is 5.87. The van der Waals surface area contributed by atoms with Gasteiger partial charge in [-0.1, -0.05) is 37.5 Å². The molecule has 0 spiro atoms. The molecule has 1 fully saturated rings. The van der Waals surface area contributed by atoms with Crippen LogP contribution in [0.5, 0.6) is 0 Å². The van der Waals surface area contributed by atoms with Gasteiger partial charge in [-0.15, -0.1) is 0 Å². The zero-order valence-corrected chi connectivity index (χ0v) is 11.1. The van der Waals surface area contributed by atoms with Crippen LogP contribution >= 0.6 is 0 Å². The molecule has 0 saturated heterocycles. The van der Waals surface area contributed by atoms with Crippen LogP contribution in [0.1, 0.15) is 49.7 Å². The van der Waals surface area contributed by atoms with Gasteiger partial charge in [0.05, 0.1) is 6.54 Å². The standard InChI is InChI=1S/C15H20N4/c1-3-7-12(8-4-1)15-17-14(18-19-15)11-16-13-9-5-2-6-10-13/h2,5-6,9-10,12,16H,1,3-4,7-8,11H2,(H,17,18,19). The van der Waals surface area contributed by atoms with E-state index in [0.717, 1.165) is 17.3 Å². The molecular formula is C15H20N4. The average molecular weight is 256 g/mol. The summed E-state index contributed by atoms with van der Waals surface area (Å²) < 4.78 is 0. The van der Waals surface area contributed by atoms with Crippen LogP contribution in [0.25, 0.3) is 0 Å². The molecule has 1 aromatic carbocycles. The van der Waals surface area contributed by atoms with Crippen LogP contribution in [0, 0.1) is 0 Å². The summed E-state index contributed by atoms with van der Waals surface area (Å²) in [4.78, 5) is 4.62. The third-order valence-electron chi connectivity index (χ3n) is 3.75. The van der Waals surface area contributed by atoms with Gasteiger partial charge in [0.15, 0.2) is 5.82 Å². The summed E-state index contributed by atoms with van der Waals surface area (Å²) in [5, 5.41) is 10.8. The van der Waals surface area contributed by atoms with Crippen molar-refractivity contribution in [3.05, 3.63) is 42.0 Å². The number of para-hydroxylation sites is 1. The van der Waals surface area contributed by atoms with Gasteiger partial charge in [-0.05, 0) is 25.0 Å². The summed E-state index contributed by atoms with van der Waals surface area (Å²) >= 11 is 0. The summed E-state index contributed by atoms with van der Waals surface area (Å²) in [6.07, 6.45) is 6.48. The Morgan fingerprint density at radius 3 is 2.68 bits per heavy atom. The number of benzene rings is 1. The van der Waals surface area contributed by atoms with E-state index < -0.39 is 0 Å². The monoisotopic (exact) mass is 256 g/mol. The van der Waals surface area contributed by atoms with Crippen molar-refractivity contribution in [2.75, 3.05) is 5.32 Å². The number of hydrogen-bond donors (Lipinski definition) is 2. The van der Waals surface area contributed by atoms with E-state index in [-0.39, 0.29) is 0 Å². The Bertz CT molecular complexity index is 500. The second-order valence-corrected chi connectivity index (χ2v) is 5.19. The van der Waals surface area contributed by atoms with Crippen molar-refractivity contribution in [3.8, 4) is 0 Å². The van der Waals surface area contributed by atoms with E-state index in [4.69, 9.17) is 0 Å².